The lowest BCUT2D eigenvalue weighted by atomic mass is 10.0. The van der Waals surface area contributed by atoms with Gasteiger partial charge in [-0.3, -0.25) is 10.1 Å². The van der Waals surface area contributed by atoms with Crippen LogP contribution in [0.4, 0.5) is 5.95 Å². The van der Waals surface area contributed by atoms with Crippen molar-refractivity contribution in [3.63, 3.8) is 0 Å². The highest BCUT2D eigenvalue weighted by molar-refractivity contribution is 7.12. The van der Waals surface area contributed by atoms with Crippen LogP contribution in [0.3, 0.4) is 0 Å². The Bertz CT molecular complexity index is 1370. The molecule has 5 rings (SSSR count). The third kappa shape index (κ3) is 4.04. The number of fused-ring (bicyclic) bond motifs is 1. The van der Waals surface area contributed by atoms with Crippen LogP contribution in [0.5, 0.6) is 0 Å². The van der Waals surface area contributed by atoms with E-state index in [1.54, 1.807) is 0 Å². The number of thiazole rings is 1. The summed E-state index contributed by atoms with van der Waals surface area (Å²) < 4.78 is 1.87. The Kier molecular flexibility index (Phi) is 5.28. The summed E-state index contributed by atoms with van der Waals surface area (Å²) in [6, 6.07) is 18.0. The van der Waals surface area contributed by atoms with Gasteiger partial charge in [0.15, 0.2) is 0 Å². The van der Waals surface area contributed by atoms with E-state index in [0.29, 0.717) is 11.6 Å². The van der Waals surface area contributed by atoms with Gasteiger partial charge in [-0.05, 0) is 31.5 Å². The first-order chi connectivity index (χ1) is 15.6. The van der Waals surface area contributed by atoms with Gasteiger partial charge in [-0.1, -0.05) is 42.5 Å². The number of rotatable bonds is 6. The normalized spacial score (nSPS) is 11.2. The van der Waals surface area contributed by atoms with Crippen molar-refractivity contribution in [3.05, 3.63) is 88.2 Å². The molecule has 3 aromatic heterocycles. The quantitative estimate of drug-likeness (QED) is 0.402. The first-order valence-corrected chi connectivity index (χ1v) is 11.2. The van der Waals surface area contributed by atoms with Gasteiger partial charge in [-0.15, -0.1) is 11.3 Å². The molecule has 0 unspecified atom stereocenters. The van der Waals surface area contributed by atoms with Gasteiger partial charge in [0.2, 0.25) is 17.0 Å². The molecule has 0 spiro atoms. The molecule has 1 amide bonds. The number of nitrogens with zero attached hydrogens (tertiary/aromatic N) is 4. The molecule has 32 heavy (non-hydrogen) atoms. The van der Waals surface area contributed by atoms with Crippen LogP contribution in [0, 0.1) is 13.8 Å². The van der Waals surface area contributed by atoms with Crippen molar-refractivity contribution in [2.75, 3.05) is 5.32 Å². The number of hydrogen-bond acceptors (Lipinski definition) is 5. The van der Waals surface area contributed by atoms with E-state index >= 15 is 0 Å². The zero-order chi connectivity index (χ0) is 22.1. The number of H-pyrrole nitrogens is 1. The molecule has 5 aromatic rings. The van der Waals surface area contributed by atoms with E-state index in [1.165, 1.54) is 22.5 Å². The topological polar surface area (TPSA) is 88.5 Å². The SMILES string of the molecule is Cc1nn(-c2nc(CC(=O)Nc3nc4ccccc4[nH]3)cs2)c(C)c1Cc1ccccc1. The van der Waals surface area contributed by atoms with E-state index in [-0.39, 0.29) is 12.3 Å². The number of aromatic nitrogens is 5. The fourth-order valence-corrected chi connectivity index (χ4v) is 4.57. The van der Waals surface area contributed by atoms with Gasteiger partial charge in [-0.25, -0.2) is 14.6 Å². The lowest BCUT2D eigenvalue weighted by molar-refractivity contribution is -0.115. The highest BCUT2D eigenvalue weighted by Crippen LogP contribution is 2.23. The van der Waals surface area contributed by atoms with E-state index in [4.69, 9.17) is 5.10 Å². The van der Waals surface area contributed by atoms with Gasteiger partial charge in [0, 0.05) is 23.1 Å². The van der Waals surface area contributed by atoms with Crippen molar-refractivity contribution in [3.8, 4) is 5.13 Å². The maximum Gasteiger partial charge on any atom is 0.232 e. The number of benzene rings is 2. The van der Waals surface area contributed by atoms with Crippen molar-refractivity contribution in [2.24, 2.45) is 0 Å². The lowest BCUT2D eigenvalue weighted by Crippen LogP contribution is -2.15. The van der Waals surface area contributed by atoms with Crippen LogP contribution < -0.4 is 5.32 Å². The third-order valence-electron chi connectivity index (χ3n) is 5.37. The van der Waals surface area contributed by atoms with Crippen LogP contribution in [0.15, 0.2) is 60.0 Å². The molecule has 0 radical (unpaired) electrons. The van der Waals surface area contributed by atoms with Gasteiger partial charge >= 0.3 is 0 Å². The Morgan fingerprint density at radius 3 is 2.66 bits per heavy atom. The summed E-state index contributed by atoms with van der Waals surface area (Å²) in [5.74, 6) is 0.273. The maximum atomic E-state index is 12.5. The molecule has 0 aliphatic heterocycles. The number of anilines is 1. The molecule has 3 heterocycles. The first-order valence-electron chi connectivity index (χ1n) is 10.4. The highest BCUT2D eigenvalue weighted by atomic mass is 32.1. The minimum absolute atomic E-state index is 0.168. The summed E-state index contributed by atoms with van der Waals surface area (Å²) in [6.45, 7) is 4.09. The summed E-state index contributed by atoms with van der Waals surface area (Å²) in [4.78, 5) is 24.6. The molecule has 8 heteroatoms. The molecule has 0 aliphatic rings. The number of carbonyl (C=O) groups excluding carboxylic acids is 1. The van der Waals surface area contributed by atoms with Gasteiger partial charge in [-0.2, -0.15) is 5.10 Å². The van der Waals surface area contributed by atoms with Crippen LogP contribution in [0.1, 0.15) is 28.2 Å². The van der Waals surface area contributed by atoms with Gasteiger partial charge < -0.3 is 4.98 Å². The van der Waals surface area contributed by atoms with E-state index in [0.717, 1.165) is 34.0 Å². The van der Waals surface area contributed by atoms with Crippen LogP contribution in [0.2, 0.25) is 0 Å². The lowest BCUT2D eigenvalue weighted by Gasteiger charge is -2.03. The molecule has 0 saturated carbocycles. The van der Waals surface area contributed by atoms with Crippen molar-refractivity contribution >= 4 is 34.2 Å². The number of aryl methyl sites for hydroxylation is 1. The monoisotopic (exact) mass is 442 g/mol. The van der Waals surface area contributed by atoms with Gasteiger partial charge in [0.1, 0.15) is 0 Å². The summed E-state index contributed by atoms with van der Waals surface area (Å²) in [6.07, 6.45) is 1.00. The molecule has 160 valence electrons. The number of aromatic amines is 1. The smallest absolute Gasteiger partial charge is 0.232 e. The standard InChI is InChI=1S/C24H22N6OS/c1-15-19(12-17-8-4-3-5-9-17)16(2)30(29-15)24-25-18(14-32-24)13-22(31)28-23-26-20-10-6-7-11-21(20)27-23/h3-11,14H,12-13H2,1-2H3,(H2,26,27,28,31). The predicted octanol–water partition coefficient (Wildman–Crippen LogP) is 4.59. The Labute approximate surface area is 189 Å². The second kappa shape index (κ2) is 8.39. The van der Waals surface area contributed by atoms with Crippen molar-refractivity contribution in [1.29, 1.82) is 0 Å². The van der Waals surface area contributed by atoms with Gasteiger partial charge in [0.25, 0.3) is 0 Å². The second-order valence-electron chi connectivity index (χ2n) is 7.67. The summed E-state index contributed by atoms with van der Waals surface area (Å²) in [5, 5.41) is 10.2. The Balaban J connectivity index is 1.30. The number of imidazole rings is 1. The number of nitrogens with one attached hydrogen (secondary N) is 2. The fourth-order valence-electron chi connectivity index (χ4n) is 3.74. The number of para-hydroxylation sites is 2. The molecule has 7 nitrogen and oxygen atoms in total. The average molecular weight is 443 g/mol. The largest absolute Gasteiger partial charge is 0.324 e. The minimum Gasteiger partial charge on any atom is -0.324 e. The maximum absolute atomic E-state index is 12.5. The van der Waals surface area contributed by atoms with Crippen LogP contribution in [-0.4, -0.2) is 30.6 Å². The predicted molar refractivity (Wildman–Crippen MR) is 126 cm³/mol. The van der Waals surface area contributed by atoms with E-state index in [2.05, 4.69) is 39.3 Å². The van der Waals surface area contributed by atoms with Crippen LogP contribution in [0.25, 0.3) is 16.2 Å². The Morgan fingerprint density at radius 2 is 1.84 bits per heavy atom. The van der Waals surface area contributed by atoms with Crippen LogP contribution >= 0.6 is 11.3 Å². The molecule has 0 aliphatic carbocycles. The summed E-state index contributed by atoms with van der Waals surface area (Å²) in [5.41, 5.74) is 6.92. The van der Waals surface area contributed by atoms with Crippen molar-refractivity contribution in [2.45, 2.75) is 26.7 Å². The number of amides is 1. The average Bonchev–Trinajstić information content (AvgIpc) is 3.48. The summed E-state index contributed by atoms with van der Waals surface area (Å²) in [7, 11) is 0. The molecular weight excluding hydrogens is 420 g/mol. The van der Waals surface area contributed by atoms with Crippen molar-refractivity contribution in [1.82, 2.24) is 24.7 Å². The molecule has 0 bridgehead atoms. The molecule has 2 N–H and O–H groups in total. The Hall–Kier alpha value is -3.78. The van der Waals surface area contributed by atoms with Crippen LogP contribution in [-0.2, 0) is 17.6 Å². The van der Waals surface area contributed by atoms with Gasteiger partial charge in [0.05, 0.1) is 28.8 Å². The number of hydrogen-bond donors (Lipinski definition) is 2. The third-order valence-corrected chi connectivity index (χ3v) is 6.24. The first kappa shape index (κ1) is 20.1. The second-order valence-corrected chi connectivity index (χ2v) is 8.51. The van der Waals surface area contributed by atoms with E-state index < -0.39 is 0 Å². The van der Waals surface area contributed by atoms with E-state index in [9.17, 15) is 4.79 Å². The highest BCUT2D eigenvalue weighted by Gasteiger charge is 2.17. The molecule has 0 atom stereocenters. The van der Waals surface area contributed by atoms with E-state index in [1.807, 2.05) is 59.5 Å². The molecule has 0 saturated heterocycles. The zero-order valence-electron chi connectivity index (χ0n) is 17.8. The molecule has 2 aromatic carbocycles. The zero-order valence-corrected chi connectivity index (χ0v) is 18.6. The Morgan fingerprint density at radius 1 is 1.06 bits per heavy atom. The summed E-state index contributed by atoms with van der Waals surface area (Å²) >= 11 is 1.48. The number of carbonyl (C=O) groups is 1. The fraction of sp³-hybridized carbons (Fsp3) is 0.167. The molecular formula is C24H22N6OS. The molecule has 0 fully saturated rings. The van der Waals surface area contributed by atoms with Crippen molar-refractivity contribution < 1.29 is 4.79 Å². The minimum atomic E-state index is -0.168.